The van der Waals surface area contributed by atoms with Crippen LogP contribution in [0.1, 0.15) is 35.5 Å². The number of aliphatic hydroxyl groups is 1. The summed E-state index contributed by atoms with van der Waals surface area (Å²) in [6.45, 7) is 2.69. The minimum atomic E-state index is -0.485. The second-order valence-corrected chi connectivity index (χ2v) is 6.36. The normalized spacial score (nSPS) is 15.9. The maximum absolute atomic E-state index is 11.9. The van der Waals surface area contributed by atoms with Gasteiger partial charge >= 0.3 is 0 Å². The number of aliphatic hydroxyl groups excluding tert-OH is 1. The van der Waals surface area contributed by atoms with Crippen molar-refractivity contribution in [1.82, 2.24) is 0 Å². The summed E-state index contributed by atoms with van der Waals surface area (Å²) >= 11 is 1.67. The molecule has 0 aliphatic carbocycles. The largest absolute Gasteiger partial charge is 0.388 e. The molecule has 3 nitrogen and oxygen atoms in total. The first-order valence-electron chi connectivity index (χ1n) is 7.32. The Balaban J connectivity index is 1.84. The third-order valence-corrected chi connectivity index (χ3v) is 4.88. The van der Waals surface area contributed by atoms with E-state index in [1.54, 1.807) is 11.3 Å². The van der Waals surface area contributed by atoms with Crippen molar-refractivity contribution in [3.05, 3.63) is 51.7 Å². The Kier molecular flexibility index (Phi) is 4.08. The molecule has 1 amide bonds. The van der Waals surface area contributed by atoms with Crippen molar-refractivity contribution < 1.29 is 9.90 Å². The van der Waals surface area contributed by atoms with E-state index < -0.39 is 6.10 Å². The van der Waals surface area contributed by atoms with Gasteiger partial charge in [-0.2, -0.15) is 0 Å². The van der Waals surface area contributed by atoms with Crippen LogP contribution in [0.4, 0.5) is 5.69 Å². The molecule has 110 valence electrons. The minimum Gasteiger partial charge on any atom is -0.388 e. The number of amides is 1. The molecule has 0 fully saturated rings. The summed E-state index contributed by atoms with van der Waals surface area (Å²) in [5, 5.41) is 12.4. The van der Waals surface area contributed by atoms with E-state index >= 15 is 0 Å². The van der Waals surface area contributed by atoms with Crippen molar-refractivity contribution in [3.63, 3.8) is 0 Å². The van der Waals surface area contributed by atoms with Gasteiger partial charge in [0.1, 0.15) is 0 Å². The molecule has 1 aliphatic rings. The number of nitrogens with zero attached hydrogens (tertiary/aromatic N) is 1. The van der Waals surface area contributed by atoms with Crippen molar-refractivity contribution in [1.29, 1.82) is 0 Å². The van der Waals surface area contributed by atoms with E-state index in [1.807, 2.05) is 41.5 Å². The Morgan fingerprint density at radius 1 is 1.33 bits per heavy atom. The number of carbonyl (C=O) groups is 1. The minimum absolute atomic E-state index is 0.192. The molecule has 1 N–H and O–H groups in total. The summed E-state index contributed by atoms with van der Waals surface area (Å²) in [5.41, 5.74) is 3.10. The van der Waals surface area contributed by atoms with Crippen molar-refractivity contribution in [2.45, 2.75) is 32.3 Å². The average Bonchev–Trinajstić information content (AvgIpc) is 2.99. The third-order valence-electron chi connectivity index (χ3n) is 3.98. The van der Waals surface area contributed by atoms with Gasteiger partial charge in [0.15, 0.2) is 0 Å². The third kappa shape index (κ3) is 2.87. The first-order valence-corrected chi connectivity index (χ1v) is 8.20. The molecule has 0 saturated heterocycles. The van der Waals surface area contributed by atoms with E-state index in [0.29, 0.717) is 19.4 Å². The summed E-state index contributed by atoms with van der Waals surface area (Å²) in [6.07, 6.45) is 1.49. The Labute approximate surface area is 128 Å². The lowest BCUT2D eigenvalue weighted by Crippen LogP contribution is -2.34. The van der Waals surface area contributed by atoms with Crippen molar-refractivity contribution in [2.75, 3.05) is 11.4 Å². The van der Waals surface area contributed by atoms with Crippen LogP contribution in [0.25, 0.3) is 0 Å². The number of benzene rings is 1. The number of hydrogen-bond acceptors (Lipinski definition) is 3. The van der Waals surface area contributed by atoms with Gasteiger partial charge in [0, 0.05) is 30.0 Å². The van der Waals surface area contributed by atoms with E-state index in [-0.39, 0.29) is 5.91 Å². The molecule has 1 atom stereocenters. The van der Waals surface area contributed by atoms with E-state index in [9.17, 15) is 9.90 Å². The Morgan fingerprint density at radius 2 is 2.19 bits per heavy atom. The van der Waals surface area contributed by atoms with E-state index in [0.717, 1.165) is 17.7 Å². The fourth-order valence-corrected chi connectivity index (χ4v) is 3.61. The van der Waals surface area contributed by atoms with Crippen LogP contribution >= 0.6 is 11.3 Å². The van der Waals surface area contributed by atoms with Crippen molar-refractivity contribution >= 4 is 22.9 Å². The molecule has 2 aromatic rings. The van der Waals surface area contributed by atoms with Gasteiger partial charge in [0.05, 0.1) is 6.10 Å². The van der Waals surface area contributed by atoms with Crippen LogP contribution in [-0.2, 0) is 17.6 Å². The number of hydrogen-bond donors (Lipinski definition) is 1. The highest BCUT2D eigenvalue weighted by Crippen LogP contribution is 2.31. The highest BCUT2D eigenvalue weighted by Gasteiger charge is 2.23. The van der Waals surface area contributed by atoms with Crippen LogP contribution in [0.3, 0.4) is 0 Å². The molecule has 2 heterocycles. The molecule has 1 unspecified atom stereocenters. The van der Waals surface area contributed by atoms with Crippen LogP contribution in [0.2, 0.25) is 0 Å². The maximum atomic E-state index is 11.9. The monoisotopic (exact) mass is 301 g/mol. The molecule has 0 bridgehead atoms. The van der Waals surface area contributed by atoms with Gasteiger partial charge in [0.25, 0.3) is 0 Å². The van der Waals surface area contributed by atoms with Crippen LogP contribution < -0.4 is 4.90 Å². The summed E-state index contributed by atoms with van der Waals surface area (Å²) in [4.78, 5) is 14.9. The van der Waals surface area contributed by atoms with Gasteiger partial charge in [-0.05, 0) is 42.0 Å². The zero-order chi connectivity index (χ0) is 14.8. The van der Waals surface area contributed by atoms with Gasteiger partial charge in [-0.15, -0.1) is 11.3 Å². The predicted molar refractivity (Wildman–Crippen MR) is 85.8 cm³/mol. The highest BCUT2D eigenvalue weighted by atomic mass is 32.1. The smallest absolute Gasteiger partial charge is 0.227 e. The Hall–Kier alpha value is -1.65. The lowest BCUT2D eigenvalue weighted by atomic mass is 9.96. The number of aryl methyl sites for hydroxylation is 1. The predicted octanol–water partition coefficient (Wildman–Crippen LogP) is 3.32. The van der Waals surface area contributed by atoms with Crippen LogP contribution in [-0.4, -0.2) is 17.6 Å². The number of anilines is 1. The number of fused-ring (bicyclic) bond motifs is 1. The zero-order valence-corrected chi connectivity index (χ0v) is 12.9. The molecule has 4 heteroatoms. The molecule has 1 aliphatic heterocycles. The van der Waals surface area contributed by atoms with Crippen LogP contribution in [0.15, 0.2) is 35.7 Å². The molecule has 0 radical (unpaired) electrons. The topological polar surface area (TPSA) is 40.5 Å². The molecule has 1 aromatic heterocycles. The Morgan fingerprint density at radius 3 is 2.90 bits per heavy atom. The lowest BCUT2D eigenvalue weighted by molar-refractivity contribution is -0.118. The summed E-state index contributed by atoms with van der Waals surface area (Å²) < 4.78 is 0. The van der Waals surface area contributed by atoms with Crippen LogP contribution in [0.5, 0.6) is 0 Å². The van der Waals surface area contributed by atoms with Gasteiger partial charge in [-0.1, -0.05) is 18.2 Å². The molecule has 1 aromatic carbocycles. The SMILES string of the molecule is CCN1C(=O)CCc2cc(C(O)Cc3cccs3)ccc21. The summed E-state index contributed by atoms with van der Waals surface area (Å²) in [5.74, 6) is 0.192. The molecule has 0 saturated carbocycles. The van der Waals surface area contributed by atoms with Crippen LogP contribution in [0, 0.1) is 0 Å². The standard InChI is InChI=1S/C17H19NO2S/c1-2-18-15-7-5-13(10-12(15)6-8-17(18)20)16(19)11-14-4-3-9-21-14/h3-5,7,9-10,16,19H,2,6,8,11H2,1H3. The second kappa shape index (κ2) is 6.00. The highest BCUT2D eigenvalue weighted by molar-refractivity contribution is 7.09. The second-order valence-electron chi connectivity index (χ2n) is 5.33. The van der Waals surface area contributed by atoms with Gasteiger partial charge in [-0.3, -0.25) is 4.79 Å². The van der Waals surface area contributed by atoms with E-state index in [2.05, 4.69) is 6.07 Å². The Bertz CT molecular complexity index is 636. The van der Waals surface area contributed by atoms with Crippen molar-refractivity contribution in [2.24, 2.45) is 0 Å². The van der Waals surface area contributed by atoms with Gasteiger partial charge < -0.3 is 10.0 Å². The number of carbonyl (C=O) groups excluding carboxylic acids is 1. The van der Waals surface area contributed by atoms with Gasteiger partial charge in [-0.25, -0.2) is 0 Å². The average molecular weight is 301 g/mol. The van der Waals surface area contributed by atoms with Gasteiger partial charge in [0.2, 0.25) is 5.91 Å². The first kappa shape index (κ1) is 14.3. The first-order chi connectivity index (χ1) is 10.2. The fraction of sp³-hybridized carbons (Fsp3) is 0.353. The number of thiophene rings is 1. The summed E-state index contributed by atoms with van der Waals surface area (Å²) in [6, 6.07) is 10.0. The van der Waals surface area contributed by atoms with E-state index in [1.165, 1.54) is 10.4 Å². The molecular formula is C17H19NO2S. The molecule has 3 rings (SSSR count). The number of rotatable bonds is 4. The molecular weight excluding hydrogens is 282 g/mol. The molecule has 0 spiro atoms. The summed E-state index contributed by atoms with van der Waals surface area (Å²) in [7, 11) is 0. The van der Waals surface area contributed by atoms with E-state index in [4.69, 9.17) is 0 Å². The lowest BCUT2D eigenvalue weighted by Gasteiger charge is -2.29. The fourth-order valence-electron chi connectivity index (χ4n) is 2.87. The zero-order valence-electron chi connectivity index (χ0n) is 12.1. The molecule has 21 heavy (non-hydrogen) atoms. The quantitative estimate of drug-likeness (QED) is 0.941. The van der Waals surface area contributed by atoms with Crippen molar-refractivity contribution in [3.8, 4) is 0 Å². The maximum Gasteiger partial charge on any atom is 0.227 e.